The first-order valence-electron chi connectivity index (χ1n) is 20.5. The van der Waals surface area contributed by atoms with Gasteiger partial charge in [0.15, 0.2) is 6.10 Å². The highest BCUT2D eigenvalue weighted by molar-refractivity contribution is 7.47. The van der Waals surface area contributed by atoms with E-state index >= 15 is 0 Å². The average molecular weight is 750 g/mol. The zero-order valence-electron chi connectivity index (χ0n) is 33.0. The van der Waals surface area contributed by atoms with Gasteiger partial charge in [-0.3, -0.25) is 13.8 Å². The van der Waals surface area contributed by atoms with Crippen LogP contribution in [0.5, 0.6) is 0 Å². The molecule has 0 aromatic rings. The zero-order valence-corrected chi connectivity index (χ0v) is 33.9. The number of phosphoric acid groups is 1. The van der Waals surface area contributed by atoms with Crippen molar-refractivity contribution in [1.82, 2.24) is 0 Å². The van der Waals surface area contributed by atoms with Crippen molar-refractivity contribution in [2.45, 2.75) is 168 Å². The summed E-state index contributed by atoms with van der Waals surface area (Å²) in [4.78, 5) is 22.4. The van der Waals surface area contributed by atoms with Crippen LogP contribution >= 0.6 is 7.82 Å². The second kappa shape index (κ2) is 40.0. The van der Waals surface area contributed by atoms with Gasteiger partial charge < -0.3 is 20.1 Å². The van der Waals surface area contributed by atoms with Crippen molar-refractivity contribution in [2.24, 2.45) is 5.73 Å². The summed E-state index contributed by atoms with van der Waals surface area (Å²) in [5.41, 5.74) is 5.35. The van der Waals surface area contributed by atoms with Crippen molar-refractivity contribution in [3.05, 3.63) is 73.1 Å². The lowest BCUT2D eigenvalue weighted by atomic mass is 10.1. The Bertz CT molecular complexity index is 1020. The van der Waals surface area contributed by atoms with Gasteiger partial charge in [0.2, 0.25) is 0 Å². The molecule has 1 unspecified atom stereocenters. The fourth-order valence-electron chi connectivity index (χ4n) is 5.18. The first-order chi connectivity index (χ1) is 25.4. The van der Waals surface area contributed by atoms with Crippen LogP contribution in [-0.4, -0.2) is 43.3 Å². The summed E-state index contributed by atoms with van der Waals surface area (Å²) < 4.78 is 33.1. The van der Waals surface area contributed by atoms with Gasteiger partial charge in [0, 0.05) is 13.0 Å². The Balaban J connectivity index is 4.19. The van der Waals surface area contributed by atoms with Crippen LogP contribution in [0.1, 0.15) is 162 Å². The maximum atomic E-state index is 12.5. The SMILES string of the molecule is CCC=CCC=CCC=CCC=CCCCCCCC(=O)O[C@H](COC=CCCCCCCCCC=CCCCCCC)COP(=O)(O)OCCN. The van der Waals surface area contributed by atoms with Gasteiger partial charge in [-0.05, 0) is 89.5 Å². The van der Waals surface area contributed by atoms with E-state index in [0.29, 0.717) is 0 Å². The third-order valence-corrected chi connectivity index (χ3v) is 9.16. The van der Waals surface area contributed by atoms with Crippen molar-refractivity contribution < 1.29 is 32.8 Å². The fraction of sp³-hybridized carbons (Fsp3) is 0.698. The van der Waals surface area contributed by atoms with E-state index in [4.69, 9.17) is 24.3 Å². The molecule has 0 aromatic heterocycles. The molecule has 0 saturated carbocycles. The normalized spacial score (nSPS) is 14.2. The minimum absolute atomic E-state index is 0.0151. The van der Waals surface area contributed by atoms with E-state index in [2.05, 4.69) is 74.6 Å². The number of esters is 1. The Morgan fingerprint density at radius 2 is 1.10 bits per heavy atom. The van der Waals surface area contributed by atoms with Crippen molar-refractivity contribution in [2.75, 3.05) is 26.4 Å². The maximum Gasteiger partial charge on any atom is 0.472 e. The molecule has 0 radical (unpaired) electrons. The molecule has 0 spiro atoms. The number of allylic oxidation sites excluding steroid dienone is 11. The molecule has 0 bridgehead atoms. The average Bonchev–Trinajstić information content (AvgIpc) is 3.13. The van der Waals surface area contributed by atoms with Gasteiger partial charge in [0.1, 0.15) is 6.61 Å². The van der Waals surface area contributed by atoms with E-state index in [0.717, 1.165) is 70.6 Å². The van der Waals surface area contributed by atoms with Gasteiger partial charge in [-0.15, -0.1) is 0 Å². The highest BCUT2D eigenvalue weighted by atomic mass is 31.2. The molecule has 0 aliphatic rings. The van der Waals surface area contributed by atoms with E-state index in [1.54, 1.807) is 6.26 Å². The molecule has 8 nitrogen and oxygen atoms in total. The van der Waals surface area contributed by atoms with Gasteiger partial charge in [0.05, 0.1) is 19.5 Å². The van der Waals surface area contributed by atoms with Crippen molar-refractivity contribution >= 4 is 13.8 Å². The summed E-state index contributed by atoms with van der Waals surface area (Å²) in [6, 6.07) is 0. The van der Waals surface area contributed by atoms with Crippen LogP contribution < -0.4 is 5.73 Å². The predicted molar refractivity (Wildman–Crippen MR) is 219 cm³/mol. The van der Waals surface area contributed by atoms with Crippen LogP contribution in [0.25, 0.3) is 0 Å². The zero-order chi connectivity index (χ0) is 38.1. The molecular formula is C43H76NO7P. The van der Waals surface area contributed by atoms with Crippen LogP contribution in [0, 0.1) is 0 Å². The van der Waals surface area contributed by atoms with Gasteiger partial charge in [-0.1, -0.05) is 132 Å². The molecular weight excluding hydrogens is 673 g/mol. The van der Waals surface area contributed by atoms with Crippen LogP contribution in [0.2, 0.25) is 0 Å². The second-order valence-corrected chi connectivity index (χ2v) is 14.6. The van der Waals surface area contributed by atoms with Crippen molar-refractivity contribution in [1.29, 1.82) is 0 Å². The second-order valence-electron chi connectivity index (χ2n) is 13.2. The molecule has 52 heavy (non-hydrogen) atoms. The lowest BCUT2D eigenvalue weighted by Gasteiger charge is -2.19. The van der Waals surface area contributed by atoms with Crippen LogP contribution in [-0.2, 0) is 27.9 Å². The first kappa shape index (κ1) is 49.8. The summed E-state index contributed by atoms with van der Waals surface area (Å²) >= 11 is 0. The summed E-state index contributed by atoms with van der Waals surface area (Å²) in [6.45, 7) is 4.06. The molecule has 0 rings (SSSR count). The highest BCUT2D eigenvalue weighted by Gasteiger charge is 2.25. The van der Waals surface area contributed by atoms with E-state index < -0.39 is 13.9 Å². The number of carbonyl (C=O) groups is 1. The molecule has 0 saturated heterocycles. The van der Waals surface area contributed by atoms with Gasteiger partial charge in [-0.2, -0.15) is 0 Å². The Hall–Kier alpha value is -2.22. The predicted octanol–water partition coefficient (Wildman–Crippen LogP) is 12.3. The molecule has 0 aliphatic carbocycles. The van der Waals surface area contributed by atoms with Crippen molar-refractivity contribution in [3.63, 3.8) is 0 Å². The van der Waals surface area contributed by atoms with Gasteiger partial charge in [-0.25, -0.2) is 4.57 Å². The van der Waals surface area contributed by atoms with Gasteiger partial charge >= 0.3 is 13.8 Å². The Kier molecular flexibility index (Phi) is 38.3. The summed E-state index contributed by atoms with van der Waals surface area (Å²) in [5.74, 6) is -0.380. The largest absolute Gasteiger partial charge is 0.498 e. The maximum absolute atomic E-state index is 12.5. The topological polar surface area (TPSA) is 117 Å². The number of hydrogen-bond acceptors (Lipinski definition) is 7. The van der Waals surface area contributed by atoms with Gasteiger partial charge in [0.25, 0.3) is 0 Å². The van der Waals surface area contributed by atoms with E-state index in [1.807, 2.05) is 6.08 Å². The summed E-state index contributed by atoms with van der Waals surface area (Å²) in [7, 11) is -4.30. The Morgan fingerprint density at radius 1 is 0.615 bits per heavy atom. The minimum atomic E-state index is -4.30. The Labute approximate surface area is 318 Å². The lowest BCUT2D eigenvalue weighted by molar-refractivity contribution is -0.153. The quantitative estimate of drug-likeness (QED) is 0.0211. The molecule has 0 fully saturated rings. The monoisotopic (exact) mass is 750 g/mol. The number of ether oxygens (including phenoxy) is 2. The van der Waals surface area contributed by atoms with Crippen LogP contribution in [0.15, 0.2) is 73.1 Å². The summed E-state index contributed by atoms with van der Waals surface area (Å²) in [6.07, 6.45) is 50.1. The van der Waals surface area contributed by atoms with Crippen LogP contribution in [0.4, 0.5) is 0 Å². The molecule has 2 atom stereocenters. The third-order valence-electron chi connectivity index (χ3n) is 8.17. The fourth-order valence-corrected chi connectivity index (χ4v) is 5.95. The molecule has 0 aromatic carbocycles. The molecule has 3 N–H and O–H groups in total. The number of unbranched alkanes of at least 4 members (excludes halogenated alkanes) is 15. The van der Waals surface area contributed by atoms with E-state index in [-0.39, 0.29) is 38.8 Å². The first-order valence-corrected chi connectivity index (χ1v) is 22.0. The number of phosphoric ester groups is 1. The van der Waals surface area contributed by atoms with E-state index in [1.165, 1.54) is 70.6 Å². The standard InChI is InChI=1S/C43H76NO7P/c1-3-5-7-9-11-13-15-17-19-21-22-24-26-28-30-32-34-36-43(45)51-42(41-50-52(46,47)49-39-37-44)40-48-38-35-33-31-29-27-25-23-20-18-16-14-12-10-8-6-4-2/h5,7,11,13-14,16-17,19,22,24,35,38,42H,3-4,6,8-10,12,15,18,20-21,23,25-34,36-37,39-41,44H2,1-2H3,(H,46,47)/t42-/m1/s1. The van der Waals surface area contributed by atoms with Crippen LogP contribution in [0.3, 0.4) is 0 Å². The molecule has 0 aliphatic heterocycles. The molecule has 300 valence electrons. The van der Waals surface area contributed by atoms with Crippen molar-refractivity contribution in [3.8, 4) is 0 Å². The molecule has 9 heteroatoms. The minimum Gasteiger partial charge on any atom is -0.498 e. The number of nitrogens with two attached hydrogens (primary N) is 1. The number of rotatable bonds is 38. The molecule has 0 amide bonds. The van der Waals surface area contributed by atoms with E-state index in [9.17, 15) is 14.3 Å². The number of carbonyl (C=O) groups excluding carboxylic acids is 1. The Morgan fingerprint density at radius 3 is 1.65 bits per heavy atom. The molecule has 0 heterocycles. The smallest absolute Gasteiger partial charge is 0.472 e. The highest BCUT2D eigenvalue weighted by Crippen LogP contribution is 2.43. The summed E-state index contributed by atoms with van der Waals surface area (Å²) in [5, 5.41) is 0. The third kappa shape index (κ3) is 39.0. The lowest BCUT2D eigenvalue weighted by Crippen LogP contribution is -2.27. The number of hydrogen-bond donors (Lipinski definition) is 2.